The Kier molecular flexibility index (Phi) is 5.08. The molecule has 1 aromatic carbocycles. The maximum Gasteiger partial charge on any atom is 0.272 e. The number of hydrogen-bond acceptors (Lipinski definition) is 4. The molecule has 0 spiro atoms. The molecular weight excluding hydrogens is 312 g/mol. The Labute approximate surface area is 140 Å². The van der Waals surface area contributed by atoms with Gasteiger partial charge < -0.3 is 10.2 Å². The van der Waals surface area contributed by atoms with Gasteiger partial charge in [0.25, 0.3) is 5.91 Å². The van der Waals surface area contributed by atoms with Crippen LogP contribution in [0.4, 0.5) is 11.5 Å². The van der Waals surface area contributed by atoms with Crippen molar-refractivity contribution in [3.63, 3.8) is 0 Å². The van der Waals surface area contributed by atoms with E-state index in [0.717, 1.165) is 31.6 Å². The van der Waals surface area contributed by atoms with Crippen LogP contribution in [0.25, 0.3) is 0 Å². The van der Waals surface area contributed by atoms with Gasteiger partial charge in [0.1, 0.15) is 17.8 Å². The first-order valence-electron chi connectivity index (χ1n) is 7.87. The van der Waals surface area contributed by atoms with Gasteiger partial charge in [0.05, 0.1) is 10.7 Å². The largest absolute Gasteiger partial charge is 0.339 e. The zero-order valence-corrected chi connectivity index (χ0v) is 13.6. The highest BCUT2D eigenvalue weighted by Crippen LogP contribution is 2.24. The fraction of sp³-hybridized carbons (Fsp3) is 0.353. The van der Waals surface area contributed by atoms with E-state index < -0.39 is 0 Å². The number of anilines is 2. The molecule has 0 radical (unpaired) electrons. The predicted molar refractivity (Wildman–Crippen MR) is 91.1 cm³/mol. The Morgan fingerprint density at radius 2 is 1.83 bits per heavy atom. The number of carbonyl (C=O) groups excluding carboxylic acids is 1. The molecule has 0 saturated carbocycles. The number of nitrogens with zero attached hydrogens (tertiary/aromatic N) is 3. The van der Waals surface area contributed by atoms with Crippen molar-refractivity contribution in [2.75, 3.05) is 18.4 Å². The van der Waals surface area contributed by atoms with Crippen LogP contribution in [0.2, 0.25) is 5.02 Å². The van der Waals surface area contributed by atoms with Crippen LogP contribution in [0.15, 0.2) is 36.7 Å². The zero-order valence-electron chi connectivity index (χ0n) is 12.8. The fourth-order valence-corrected chi connectivity index (χ4v) is 2.86. The van der Waals surface area contributed by atoms with Gasteiger partial charge in [0.2, 0.25) is 0 Å². The molecule has 6 heteroatoms. The smallest absolute Gasteiger partial charge is 0.272 e. The molecule has 0 atom stereocenters. The molecule has 1 amide bonds. The molecule has 1 saturated heterocycles. The van der Waals surface area contributed by atoms with Gasteiger partial charge in [-0.3, -0.25) is 4.79 Å². The molecule has 2 aromatic rings. The summed E-state index contributed by atoms with van der Waals surface area (Å²) in [6, 6.07) is 9.09. The summed E-state index contributed by atoms with van der Waals surface area (Å²) in [5, 5.41) is 3.73. The lowest BCUT2D eigenvalue weighted by molar-refractivity contribution is 0.0755. The normalized spacial score (nSPS) is 15.1. The Bertz CT molecular complexity index is 684. The van der Waals surface area contributed by atoms with Crippen molar-refractivity contribution in [1.82, 2.24) is 14.9 Å². The van der Waals surface area contributed by atoms with Crippen molar-refractivity contribution in [2.45, 2.75) is 25.7 Å². The third-order valence-corrected chi connectivity index (χ3v) is 4.25. The SMILES string of the molecule is O=C(c1cc(Nc2ccccc2Cl)ncn1)N1CCCCCC1. The second-order valence-electron chi connectivity index (χ2n) is 5.60. The number of hydrogen-bond donors (Lipinski definition) is 1. The summed E-state index contributed by atoms with van der Waals surface area (Å²) in [7, 11) is 0. The Morgan fingerprint density at radius 1 is 1.09 bits per heavy atom. The molecule has 0 aliphatic carbocycles. The van der Waals surface area contributed by atoms with Crippen molar-refractivity contribution < 1.29 is 4.79 Å². The lowest BCUT2D eigenvalue weighted by Crippen LogP contribution is -2.32. The number of carbonyl (C=O) groups is 1. The monoisotopic (exact) mass is 330 g/mol. The Hall–Kier alpha value is -2.14. The number of benzene rings is 1. The molecule has 1 aromatic heterocycles. The van der Waals surface area contributed by atoms with Crippen LogP contribution in [0, 0.1) is 0 Å². The van der Waals surface area contributed by atoms with Crippen LogP contribution in [0.5, 0.6) is 0 Å². The summed E-state index contributed by atoms with van der Waals surface area (Å²) >= 11 is 6.14. The van der Waals surface area contributed by atoms with Crippen LogP contribution < -0.4 is 5.32 Å². The molecule has 2 heterocycles. The third-order valence-electron chi connectivity index (χ3n) is 3.92. The first kappa shape index (κ1) is 15.7. The van der Waals surface area contributed by atoms with E-state index in [9.17, 15) is 4.79 Å². The number of aromatic nitrogens is 2. The molecule has 3 rings (SSSR count). The van der Waals surface area contributed by atoms with Gasteiger partial charge in [0.15, 0.2) is 0 Å². The number of nitrogens with one attached hydrogen (secondary N) is 1. The first-order valence-corrected chi connectivity index (χ1v) is 8.25. The topological polar surface area (TPSA) is 58.1 Å². The lowest BCUT2D eigenvalue weighted by Gasteiger charge is -2.19. The van der Waals surface area contributed by atoms with E-state index in [0.29, 0.717) is 16.5 Å². The quantitative estimate of drug-likeness (QED) is 0.927. The first-order chi connectivity index (χ1) is 11.2. The highest BCUT2D eigenvalue weighted by Gasteiger charge is 2.19. The highest BCUT2D eigenvalue weighted by molar-refractivity contribution is 6.33. The summed E-state index contributed by atoms with van der Waals surface area (Å²) in [6.45, 7) is 1.60. The van der Waals surface area contributed by atoms with Crippen LogP contribution in [0.3, 0.4) is 0 Å². The van der Waals surface area contributed by atoms with Crippen LogP contribution in [0.1, 0.15) is 36.2 Å². The maximum atomic E-state index is 12.6. The Morgan fingerprint density at radius 3 is 2.57 bits per heavy atom. The van der Waals surface area contributed by atoms with Crippen LogP contribution in [-0.2, 0) is 0 Å². The minimum absolute atomic E-state index is 0.0310. The van der Waals surface area contributed by atoms with E-state index in [-0.39, 0.29) is 5.91 Å². The van der Waals surface area contributed by atoms with Gasteiger partial charge in [-0.15, -0.1) is 0 Å². The summed E-state index contributed by atoms with van der Waals surface area (Å²) in [5.74, 6) is 0.530. The van der Waals surface area contributed by atoms with Crippen LogP contribution in [-0.4, -0.2) is 33.9 Å². The molecule has 1 aliphatic rings. The second-order valence-corrected chi connectivity index (χ2v) is 6.01. The average molecular weight is 331 g/mol. The van der Waals surface area contributed by atoms with E-state index in [1.54, 1.807) is 12.1 Å². The van der Waals surface area contributed by atoms with Crippen molar-refractivity contribution in [3.8, 4) is 0 Å². The fourth-order valence-electron chi connectivity index (χ4n) is 2.68. The highest BCUT2D eigenvalue weighted by atomic mass is 35.5. The molecule has 120 valence electrons. The van der Waals surface area contributed by atoms with Crippen molar-refractivity contribution in [3.05, 3.63) is 47.4 Å². The third kappa shape index (κ3) is 3.99. The molecule has 1 aliphatic heterocycles. The van der Waals surface area contributed by atoms with E-state index in [1.165, 1.54) is 19.2 Å². The Balaban J connectivity index is 1.76. The maximum absolute atomic E-state index is 12.6. The molecule has 0 bridgehead atoms. The van der Waals surface area contributed by atoms with Crippen molar-refractivity contribution >= 4 is 29.0 Å². The minimum Gasteiger partial charge on any atom is -0.339 e. The van der Waals surface area contributed by atoms with E-state index in [4.69, 9.17) is 11.6 Å². The number of likely N-dealkylation sites (tertiary alicyclic amines) is 1. The standard InChI is InChI=1S/C17H19ClN4O/c18-13-7-3-4-8-14(13)21-16-11-15(19-12-20-16)17(23)22-9-5-1-2-6-10-22/h3-4,7-8,11-12H,1-2,5-6,9-10H2,(H,19,20,21). The van der Waals surface area contributed by atoms with Crippen molar-refractivity contribution in [1.29, 1.82) is 0 Å². The van der Waals surface area contributed by atoms with Gasteiger partial charge in [-0.2, -0.15) is 0 Å². The molecular formula is C17H19ClN4O. The molecule has 1 N–H and O–H groups in total. The summed E-state index contributed by atoms with van der Waals surface area (Å²) in [5.41, 5.74) is 1.16. The average Bonchev–Trinajstić information content (AvgIpc) is 2.86. The number of para-hydroxylation sites is 1. The van der Waals surface area contributed by atoms with E-state index in [1.807, 2.05) is 23.1 Å². The lowest BCUT2D eigenvalue weighted by atomic mass is 10.2. The van der Waals surface area contributed by atoms with E-state index in [2.05, 4.69) is 15.3 Å². The zero-order chi connectivity index (χ0) is 16.1. The van der Waals surface area contributed by atoms with Gasteiger partial charge in [-0.1, -0.05) is 36.6 Å². The van der Waals surface area contributed by atoms with Gasteiger partial charge in [-0.25, -0.2) is 9.97 Å². The van der Waals surface area contributed by atoms with Gasteiger partial charge in [0, 0.05) is 19.2 Å². The number of halogens is 1. The summed E-state index contributed by atoms with van der Waals surface area (Å²) in [4.78, 5) is 22.8. The molecule has 0 unspecified atom stereocenters. The van der Waals surface area contributed by atoms with Crippen molar-refractivity contribution in [2.24, 2.45) is 0 Å². The van der Waals surface area contributed by atoms with E-state index >= 15 is 0 Å². The predicted octanol–water partition coefficient (Wildman–Crippen LogP) is 3.89. The molecule has 1 fully saturated rings. The summed E-state index contributed by atoms with van der Waals surface area (Å²) in [6.07, 6.45) is 5.90. The molecule has 23 heavy (non-hydrogen) atoms. The van der Waals surface area contributed by atoms with Crippen LogP contribution >= 0.6 is 11.6 Å². The second kappa shape index (κ2) is 7.42. The summed E-state index contributed by atoms with van der Waals surface area (Å²) < 4.78 is 0. The minimum atomic E-state index is -0.0310. The van der Waals surface area contributed by atoms with Gasteiger partial charge in [-0.05, 0) is 25.0 Å². The van der Waals surface area contributed by atoms with Gasteiger partial charge >= 0.3 is 0 Å². The number of rotatable bonds is 3. The number of amides is 1. The molecule has 5 nitrogen and oxygen atoms in total.